The van der Waals surface area contributed by atoms with Crippen molar-refractivity contribution in [2.24, 2.45) is 0 Å². The molecule has 0 spiro atoms. The predicted molar refractivity (Wildman–Crippen MR) is 116 cm³/mol. The van der Waals surface area contributed by atoms with Gasteiger partial charge in [0, 0.05) is 28.4 Å². The van der Waals surface area contributed by atoms with Crippen molar-refractivity contribution >= 4 is 40.6 Å². The van der Waals surface area contributed by atoms with Gasteiger partial charge < -0.3 is 5.32 Å². The van der Waals surface area contributed by atoms with Crippen molar-refractivity contribution in [3.63, 3.8) is 0 Å². The van der Waals surface area contributed by atoms with Crippen LogP contribution in [0.4, 0.5) is 23.4 Å². The minimum Gasteiger partial charge on any atom is -0.304 e. The second-order valence-corrected chi connectivity index (χ2v) is 8.62. The van der Waals surface area contributed by atoms with E-state index in [1.165, 1.54) is 29.1 Å². The van der Waals surface area contributed by atoms with Crippen LogP contribution in [0, 0.1) is 5.82 Å². The van der Waals surface area contributed by atoms with Crippen LogP contribution >= 0.6 is 23.2 Å². The molecule has 1 N–H and O–H groups in total. The maximum Gasteiger partial charge on any atom is 0.433 e. The lowest BCUT2D eigenvalue weighted by Crippen LogP contribution is -2.16. The maximum absolute atomic E-state index is 14.1. The summed E-state index contributed by atoms with van der Waals surface area (Å²) < 4.78 is 56.7. The molecule has 0 saturated heterocycles. The van der Waals surface area contributed by atoms with E-state index in [1.54, 1.807) is 0 Å². The van der Waals surface area contributed by atoms with Gasteiger partial charge in [-0.3, -0.25) is 9.48 Å². The number of anilines is 1. The molecule has 0 aliphatic heterocycles. The Balaban J connectivity index is 1.45. The standard InChI is InChI=1S/C21H14Cl2F4N6O/c22-13-2-1-3-15(24)12(13)8-32-9-14(23)18(31-32)30-20(34)11-7-28-33-17(21(25,26)27)6-16(10-4-5-10)29-19(11)33/h1-3,6-7,9-10H,4-5,8H2,(H,30,31,34). The third-order valence-electron chi connectivity index (χ3n) is 5.35. The monoisotopic (exact) mass is 512 g/mol. The fraction of sp³-hybridized carbons (Fsp3) is 0.238. The van der Waals surface area contributed by atoms with Gasteiger partial charge in [-0.15, -0.1) is 0 Å². The molecule has 0 bridgehead atoms. The highest BCUT2D eigenvalue weighted by Crippen LogP contribution is 2.41. The van der Waals surface area contributed by atoms with Crippen LogP contribution in [0.15, 0.2) is 36.7 Å². The molecule has 0 radical (unpaired) electrons. The first-order valence-corrected chi connectivity index (χ1v) is 10.8. The normalized spacial score (nSPS) is 14.1. The van der Waals surface area contributed by atoms with Crippen LogP contribution in [-0.4, -0.2) is 30.3 Å². The third kappa shape index (κ3) is 4.21. The Labute approximate surface area is 199 Å². The summed E-state index contributed by atoms with van der Waals surface area (Å²) in [6, 6.07) is 5.20. The van der Waals surface area contributed by atoms with Crippen LogP contribution in [0.5, 0.6) is 0 Å². The molecule has 1 aromatic carbocycles. The van der Waals surface area contributed by atoms with Crippen LogP contribution in [0.1, 0.15) is 46.1 Å². The highest BCUT2D eigenvalue weighted by Gasteiger charge is 2.38. The number of carbonyl (C=O) groups excluding carboxylic acids is 1. The van der Waals surface area contributed by atoms with E-state index >= 15 is 0 Å². The lowest BCUT2D eigenvalue weighted by atomic mass is 10.2. The van der Waals surface area contributed by atoms with E-state index in [1.807, 2.05) is 0 Å². The molecule has 5 rings (SSSR count). The first kappa shape index (κ1) is 22.6. The predicted octanol–water partition coefficient (Wildman–Crippen LogP) is 5.57. The lowest BCUT2D eigenvalue weighted by Gasteiger charge is -2.11. The zero-order chi connectivity index (χ0) is 24.2. The number of benzene rings is 1. The quantitative estimate of drug-likeness (QED) is 0.354. The Morgan fingerprint density at radius 1 is 1.21 bits per heavy atom. The summed E-state index contributed by atoms with van der Waals surface area (Å²) in [6.45, 7) is -0.0565. The van der Waals surface area contributed by atoms with Gasteiger partial charge in [-0.25, -0.2) is 13.9 Å². The Hall–Kier alpha value is -3.18. The zero-order valence-electron chi connectivity index (χ0n) is 17.1. The largest absolute Gasteiger partial charge is 0.433 e. The van der Waals surface area contributed by atoms with E-state index in [-0.39, 0.29) is 50.8 Å². The second kappa shape index (κ2) is 8.24. The Bertz CT molecular complexity index is 1410. The van der Waals surface area contributed by atoms with Crippen LogP contribution in [0.3, 0.4) is 0 Å². The van der Waals surface area contributed by atoms with Crippen molar-refractivity contribution in [3.05, 3.63) is 75.0 Å². The van der Waals surface area contributed by atoms with Gasteiger partial charge in [0.2, 0.25) is 0 Å². The van der Waals surface area contributed by atoms with Crippen LogP contribution in [-0.2, 0) is 12.7 Å². The van der Waals surface area contributed by atoms with E-state index < -0.39 is 23.6 Å². The molecule has 3 aromatic heterocycles. The smallest absolute Gasteiger partial charge is 0.304 e. The van der Waals surface area contributed by atoms with Crippen LogP contribution in [0.25, 0.3) is 5.65 Å². The number of halogens is 6. The first-order chi connectivity index (χ1) is 16.1. The average molecular weight is 513 g/mol. The molecule has 1 fully saturated rings. The Kier molecular flexibility index (Phi) is 5.48. The fourth-order valence-electron chi connectivity index (χ4n) is 3.51. The summed E-state index contributed by atoms with van der Waals surface area (Å²) in [5, 5.41) is 10.6. The van der Waals surface area contributed by atoms with Gasteiger partial charge in [-0.05, 0) is 31.0 Å². The molecule has 34 heavy (non-hydrogen) atoms. The highest BCUT2D eigenvalue weighted by atomic mass is 35.5. The summed E-state index contributed by atoms with van der Waals surface area (Å²) in [7, 11) is 0. The molecule has 1 amide bonds. The van der Waals surface area contributed by atoms with Gasteiger partial charge in [0.15, 0.2) is 11.5 Å². The number of hydrogen-bond donors (Lipinski definition) is 1. The van der Waals surface area contributed by atoms with Gasteiger partial charge in [0.05, 0.1) is 12.7 Å². The molecule has 176 valence electrons. The number of fused-ring (bicyclic) bond motifs is 1. The fourth-order valence-corrected chi connectivity index (χ4v) is 3.94. The zero-order valence-corrected chi connectivity index (χ0v) is 18.6. The number of rotatable bonds is 5. The van der Waals surface area contributed by atoms with Crippen molar-refractivity contribution in [1.82, 2.24) is 24.4 Å². The number of carbonyl (C=O) groups is 1. The molecule has 1 saturated carbocycles. The number of nitrogens with one attached hydrogen (secondary N) is 1. The van der Waals surface area contributed by atoms with Crippen molar-refractivity contribution in [2.75, 3.05) is 5.32 Å². The topological polar surface area (TPSA) is 77.1 Å². The molecular formula is C21H14Cl2F4N6O. The molecule has 13 heteroatoms. The third-order valence-corrected chi connectivity index (χ3v) is 5.98. The molecule has 0 unspecified atom stereocenters. The van der Waals surface area contributed by atoms with Crippen LogP contribution in [0.2, 0.25) is 10.0 Å². The van der Waals surface area contributed by atoms with Gasteiger partial charge in [-0.1, -0.05) is 29.3 Å². The van der Waals surface area contributed by atoms with E-state index in [4.69, 9.17) is 23.2 Å². The molecule has 3 heterocycles. The van der Waals surface area contributed by atoms with Crippen molar-refractivity contribution in [2.45, 2.75) is 31.5 Å². The molecule has 4 aromatic rings. The van der Waals surface area contributed by atoms with Gasteiger partial charge in [-0.2, -0.15) is 23.4 Å². The van der Waals surface area contributed by atoms with Gasteiger partial charge in [0.1, 0.15) is 22.1 Å². The Morgan fingerprint density at radius 3 is 2.65 bits per heavy atom. The first-order valence-electron chi connectivity index (χ1n) is 10.0. The molecule has 1 aliphatic carbocycles. The average Bonchev–Trinajstić information content (AvgIpc) is 3.44. The summed E-state index contributed by atoms with van der Waals surface area (Å²) in [5.74, 6) is -1.46. The summed E-state index contributed by atoms with van der Waals surface area (Å²) in [6.07, 6.45) is -0.847. The minimum absolute atomic E-state index is 0.0416. The van der Waals surface area contributed by atoms with Crippen LogP contribution < -0.4 is 5.32 Å². The summed E-state index contributed by atoms with van der Waals surface area (Å²) in [5.41, 5.74) is -0.958. The molecule has 7 nitrogen and oxygen atoms in total. The van der Waals surface area contributed by atoms with E-state index in [9.17, 15) is 22.4 Å². The number of alkyl halides is 3. The molecular weight excluding hydrogens is 499 g/mol. The number of aromatic nitrogens is 5. The SMILES string of the molecule is O=C(Nc1nn(Cc2c(F)cccc2Cl)cc1Cl)c1cnn2c(C(F)(F)F)cc(C3CC3)nc12. The second-order valence-electron chi connectivity index (χ2n) is 7.81. The lowest BCUT2D eigenvalue weighted by molar-refractivity contribution is -0.142. The van der Waals surface area contributed by atoms with E-state index in [0.717, 1.165) is 25.1 Å². The number of hydrogen-bond acceptors (Lipinski definition) is 4. The Morgan fingerprint density at radius 2 is 1.97 bits per heavy atom. The van der Waals surface area contributed by atoms with Crippen molar-refractivity contribution < 1.29 is 22.4 Å². The number of amides is 1. The summed E-state index contributed by atoms with van der Waals surface area (Å²) >= 11 is 12.2. The summed E-state index contributed by atoms with van der Waals surface area (Å²) in [4.78, 5) is 17.2. The molecule has 1 aliphatic rings. The van der Waals surface area contributed by atoms with Crippen molar-refractivity contribution in [1.29, 1.82) is 0 Å². The number of nitrogens with zero attached hydrogens (tertiary/aromatic N) is 5. The minimum atomic E-state index is -4.68. The van der Waals surface area contributed by atoms with E-state index in [2.05, 4.69) is 20.5 Å². The molecule has 0 atom stereocenters. The van der Waals surface area contributed by atoms with Gasteiger partial charge >= 0.3 is 6.18 Å². The van der Waals surface area contributed by atoms with Gasteiger partial charge in [0.25, 0.3) is 5.91 Å². The highest BCUT2D eigenvalue weighted by molar-refractivity contribution is 6.33. The maximum atomic E-state index is 14.1. The van der Waals surface area contributed by atoms with E-state index in [0.29, 0.717) is 4.52 Å². The van der Waals surface area contributed by atoms with Crippen molar-refractivity contribution in [3.8, 4) is 0 Å².